The lowest BCUT2D eigenvalue weighted by Crippen LogP contribution is -2.56. The van der Waals surface area contributed by atoms with Gasteiger partial charge in [0.2, 0.25) is 9.70 Å². The van der Waals surface area contributed by atoms with Crippen molar-refractivity contribution in [2.75, 3.05) is 5.32 Å². The second kappa shape index (κ2) is 10.5. The van der Waals surface area contributed by atoms with Gasteiger partial charge in [-0.15, -0.1) is 0 Å². The lowest BCUT2D eigenvalue weighted by Gasteiger charge is -2.28. The predicted molar refractivity (Wildman–Crippen MR) is 135 cm³/mol. The Morgan fingerprint density at radius 3 is 2.32 bits per heavy atom. The monoisotopic (exact) mass is 493 g/mol. The molecule has 0 fully saturated rings. The molecule has 0 spiro atoms. The molecule has 162 valence electrons. The fourth-order valence-corrected chi connectivity index (χ4v) is 3.83. The van der Waals surface area contributed by atoms with E-state index in [-0.39, 0.29) is 17.4 Å². The maximum atomic E-state index is 12.8. The van der Waals surface area contributed by atoms with E-state index in [4.69, 9.17) is 47.0 Å². The van der Waals surface area contributed by atoms with E-state index in [0.717, 1.165) is 34.0 Å². The lowest BCUT2D eigenvalue weighted by atomic mass is 10.0. The van der Waals surface area contributed by atoms with Crippen LogP contribution >= 0.6 is 47.0 Å². The smallest absolute Gasteiger partial charge is 0.228 e. The SMILES string of the molecule is CCc1ccccc1NC(=S)NC(NC(=O)Cc1cccc2ccccc12)C(Cl)(Cl)Cl. The molecule has 1 amide bonds. The molecular formula is C23H22Cl3N3OS. The zero-order valence-electron chi connectivity index (χ0n) is 16.8. The number of aryl methyl sites for hydroxylation is 1. The summed E-state index contributed by atoms with van der Waals surface area (Å²) in [7, 11) is 0. The van der Waals surface area contributed by atoms with Crippen molar-refractivity contribution < 1.29 is 4.79 Å². The van der Waals surface area contributed by atoms with Gasteiger partial charge in [0.15, 0.2) is 5.11 Å². The molecule has 0 aliphatic heterocycles. The molecule has 3 N–H and O–H groups in total. The quantitative estimate of drug-likeness (QED) is 0.232. The minimum absolute atomic E-state index is 0.138. The normalized spacial score (nSPS) is 12.3. The molecule has 0 aromatic heterocycles. The fourth-order valence-electron chi connectivity index (χ4n) is 3.27. The number of fused-ring (bicyclic) bond motifs is 1. The number of thiocarbonyl (C=S) groups is 1. The molecule has 0 saturated heterocycles. The molecule has 0 radical (unpaired) electrons. The minimum atomic E-state index is -1.82. The largest absolute Gasteiger partial charge is 0.339 e. The maximum absolute atomic E-state index is 12.8. The Kier molecular flexibility index (Phi) is 8.00. The first kappa shape index (κ1) is 23.6. The molecule has 0 heterocycles. The van der Waals surface area contributed by atoms with Crippen LogP contribution in [0.5, 0.6) is 0 Å². The molecule has 0 saturated carbocycles. The standard InChI is InChI=1S/C23H22Cl3N3OS/c1-2-15-8-4-6-13-19(15)27-22(31)29-21(23(24,25)26)28-20(30)14-17-11-7-10-16-9-3-5-12-18(16)17/h3-13,21H,2,14H2,1H3,(H,28,30)(H2,27,29,31). The number of carbonyl (C=O) groups excluding carboxylic acids is 1. The van der Waals surface area contributed by atoms with Crippen molar-refractivity contribution in [3.05, 3.63) is 77.9 Å². The van der Waals surface area contributed by atoms with Crippen molar-refractivity contribution in [2.24, 2.45) is 0 Å². The molecule has 0 aliphatic rings. The van der Waals surface area contributed by atoms with Gasteiger partial charge in [-0.3, -0.25) is 4.79 Å². The van der Waals surface area contributed by atoms with E-state index < -0.39 is 9.96 Å². The number of anilines is 1. The van der Waals surface area contributed by atoms with Crippen LogP contribution in [-0.2, 0) is 17.6 Å². The lowest BCUT2D eigenvalue weighted by molar-refractivity contribution is -0.121. The predicted octanol–water partition coefficient (Wildman–Crippen LogP) is 5.74. The van der Waals surface area contributed by atoms with Crippen molar-refractivity contribution >= 4 is 74.5 Å². The van der Waals surface area contributed by atoms with Gasteiger partial charge < -0.3 is 16.0 Å². The summed E-state index contributed by atoms with van der Waals surface area (Å²) >= 11 is 23.7. The number of amides is 1. The number of rotatable bonds is 6. The average molecular weight is 495 g/mol. The number of para-hydroxylation sites is 1. The van der Waals surface area contributed by atoms with Gasteiger partial charge in [-0.25, -0.2) is 0 Å². The van der Waals surface area contributed by atoms with Crippen LogP contribution in [0.25, 0.3) is 10.8 Å². The Balaban J connectivity index is 1.69. The molecule has 0 aliphatic carbocycles. The second-order valence-electron chi connectivity index (χ2n) is 6.97. The molecule has 0 bridgehead atoms. The Morgan fingerprint density at radius 2 is 1.58 bits per heavy atom. The molecule has 4 nitrogen and oxygen atoms in total. The Hall–Kier alpha value is -2.05. The second-order valence-corrected chi connectivity index (χ2v) is 9.74. The highest BCUT2D eigenvalue weighted by molar-refractivity contribution is 7.80. The molecule has 1 unspecified atom stereocenters. The summed E-state index contributed by atoms with van der Waals surface area (Å²) in [5.41, 5.74) is 2.83. The zero-order chi connectivity index (χ0) is 22.4. The van der Waals surface area contributed by atoms with E-state index in [9.17, 15) is 4.79 Å². The fraction of sp³-hybridized carbons (Fsp3) is 0.217. The van der Waals surface area contributed by atoms with Crippen LogP contribution in [0.4, 0.5) is 5.69 Å². The van der Waals surface area contributed by atoms with Gasteiger partial charge in [-0.05, 0) is 46.6 Å². The molecule has 1 atom stereocenters. The van der Waals surface area contributed by atoms with Crippen LogP contribution in [0.3, 0.4) is 0 Å². The summed E-state index contributed by atoms with van der Waals surface area (Å²) < 4.78 is -1.82. The maximum Gasteiger partial charge on any atom is 0.228 e. The van der Waals surface area contributed by atoms with Crippen LogP contribution in [-0.4, -0.2) is 21.0 Å². The van der Waals surface area contributed by atoms with Crippen LogP contribution in [0.1, 0.15) is 18.1 Å². The number of benzene rings is 3. The summed E-state index contributed by atoms with van der Waals surface area (Å²) in [6.45, 7) is 2.05. The van der Waals surface area contributed by atoms with Crippen LogP contribution in [0.15, 0.2) is 66.7 Å². The number of carbonyl (C=O) groups is 1. The van der Waals surface area contributed by atoms with Gasteiger partial charge in [0.25, 0.3) is 0 Å². The van der Waals surface area contributed by atoms with Gasteiger partial charge in [0, 0.05) is 5.69 Å². The Morgan fingerprint density at radius 1 is 0.935 bits per heavy atom. The van der Waals surface area contributed by atoms with E-state index in [0.29, 0.717) is 0 Å². The number of alkyl halides is 3. The Labute approximate surface area is 202 Å². The first-order valence-corrected chi connectivity index (χ1v) is 11.3. The van der Waals surface area contributed by atoms with Gasteiger partial charge in [-0.2, -0.15) is 0 Å². The highest BCUT2D eigenvalue weighted by Crippen LogP contribution is 2.29. The van der Waals surface area contributed by atoms with E-state index >= 15 is 0 Å². The van der Waals surface area contributed by atoms with Crippen molar-refractivity contribution in [3.8, 4) is 0 Å². The third kappa shape index (κ3) is 6.47. The highest BCUT2D eigenvalue weighted by atomic mass is 35.6. The summed E-state index contributed by atoms with van der Waals surface area (Å²) in [6, 6.07) is 21.5. The molecular weight excluding hydrogens is 473 g/mol. The minimum Gasteiger partial charge on any atom is -0.339 e. The van der Waals surface area contributed by atoms with Crippen LogP contribution < -0.4 is 16.0 Å². The Bertz CT molecular complexity index is 1080. The van der Waals surface area contributed by atoms with Gasteiger partial charge in [0.05, 0.1) is 6.42 Å². The van der Waals surface area contributed by atoms with E-state index in [1.165, 1.54) is 0 Å². The highest BCUT2D eigenvalue weighted by Gasteiger charge is 2.34. The van der Waals surface area contributed by atoms with Crippen LogP contribution in [0.2, 0.25) is 0 Å². The summed E-state index contributed by atoms with van der Waals surface area (Å²) in [5.74, 6) is -0.295. The molecule has 3 rings (SSSR count). The number of hydrogen-bond acceptors (Lipinski definition) is 2. The van der Waals surface area contributed by atoms with E-state index in [1.54, 1.807) is 0 Å². The van der Waals surface area contributed by atoms with Crippen molar-refractivity contribution in [1.29, 1.82) is 0 Å². The molecule has 31 heavy (non-hydrogen) atoms. The topological polar surface area (TPSA) is 53.2 Å². The summed E-state index contributed by atoms with van der Waals surface area (Å²) in [6.07, 6.45) is -0.0469. The van der Waals surface area contributed by atoms with Gasteiger partial charge in [-0.1, -0.05) is 102 Å². The van der Waals surface area contributed by atoms with Crippen molar-refractivity contribution in [1.82, 2.24) is 10.6 Å². The number of hydrogen-bond donors (Lipinski definition) is 3. The van der Waals surface area contributed by atoms with Crippen LogP contribution in [0, 0.1) is 0 Å². The van der Waals surface area contributed by atoms with E-state index in [2.05, 4.69) is 22.9 Å². The summed E-state index contributed by atoms with van der Waals surface area (Å²) in [4.78, 5) is 12.8. The van der Waals surface area contributed by atoms with Crippen molar-refractivity contribution in [3.63, 3.8) is 0 Å². The molecule has 8 heteroatoms. The molecule has 3 aromatic carbocycles. The first-order valence-electron chi connectivity index (χ1n) is 9.76. The third-order valence-electron chi connectivity index (χ3n) is 4.79. The van der Waals surface area contributed by atoms with E-state index in [1.807, 2.05) is 66.7 Å². The van der Waals surface area contributed by atoms with Gasteiger partial charge >= 0.3 is 0 Å². The third-order valence-corrected chi connectivity index (χ3v) is 5.66. The average Bonchev–Trinajstić information content (AvgIpc) is 2.73. The summed E-state index contributed by atoms with van der Waals surface area (Å²) in [5, 5.41) is 11.1. The number of nitrogens with one attached hydrogen (secondary N) is 3. The first-order chi connectivity index (χ1) is 14.8. The number of halogens is 3. The van der Waals surface area contributed by atoms with Crippen molar-refractivity contribution in [2.45, 2.75) is 29.7 Å². The van der Waals surface area contributed by atoms with Gasteiger partial charge in [0.1, 0.15) is 6.17 Å². The zero-order valence-corrected chi connectivity index (χ0v) is 19.9. The molecule has 3 aromatic rings.